The maximum Gasteiger partial charge on any atom is 0.326 e. The third-order valence-electron chi connectivity index (χ3n) is 3.67. The number of nitrogens with one attached hydrogen (secondary N) is 3. The van der Waals surface area contributed by atoms with E-state index in [0.29, 0.717) is 5.69 Å². The number of benzene rings is 2. The molecule has 2 atom stereocenters. The first-order chi connectivity index (χ1) is 12.5. The van der Waals surface area contributed by atoms with Gasteiger partial charge in [0.25, 0.3) is 0 Å². The molecule has 0 aliphatic heterocycles. The highest BCUT2D eigenvalue weighted by molar-refractivity contribution is 5.94. The molecule has 7 nitrogen and oxygen atoms in total. The predicted molar refractivity (Wildman–Crippen MR) is 97.8 cm³/mol. The summed E-state index contributed by atoms with van der Waals surface area (Å²) in [5.74, 6) is -1.71. The Morgan fingerprint density at radius 1 is 0.923 bits per heavy atom. The van der Waals surface area contributed by atoms with Crippen molar-refractivity contribution in [3.8, 4) is 0 Å². The van der Waals surface area contributed by atoms with Crippen molar-refractivity contribution in [2.75, 3.05) is 5.32 Å². The van der Waals surface area contributed by atoms with Crippen LogP contribution < -0.4 is 16.0 Å². The Morgan fingerprint density at radius 3 is 2.08 bits per heavy atom. The minimum Gasteiger partial charge on any atom is -0.480 e. The predicted octanol–water partition coefficient (Wildman–Crippen LogP) is 2.01. The molecule has 0 saturated heterocycles. The minimum atomic E-state index is -1.14. The lowest BCUT2D eigenvalue weighted by molar-refractivity contribution is -0.142. The Bertz CT molecular complexity index is 750. The van der Waals surface area contributed by atoms with E-state index in [1.165, 1.54) is 6.92 Å². The van der Waals surface area contributed by atoms with Crippen LogP contribution in [0.3, 0.4) is 0 Å². The topological polar surface area (TPSA) is 108 Å². The van der Waals surface area contributed by atoms with Crippen molar-refractivity contribution in [3.05, 3.63) is 66.2 Å². The number of carbonyl (C=O) groups is 3. The van der Waals surface area contributed by atoms with Gasteiger partial charge in [0.15, 0.2) is 0 Å². The van der Waals surface area contributed by atoms with Gasteiger partial charge in [-0.1, -0.05) is 48.5 Å². The van der Waals surface area contributed by atoms with E-state index in [2.05, 4.69) is 16.0 Å². The first-order valence-electron chi connectivity index (χ1n) is 8.15. The second-order valence-corrected chi connectivity index (χ2v) is 5.78. The van der Waals surface area contributed by atoms with Crippen LogP contribution in [-0.2, 0) is 16.0 Å². The molecule has 0 heterocycles. The minimum absolute atomic E-state index is 0.158. The molecule has 0 aliphatic carbocycles. The van der Waals surface area contributed by atoms with E-state index in [1.807, 2.05) is 12.1 Å². The lowest BCUT2D eigenvalue weighted by Crippen LogP contribution is -2.51. The average molecular weight is 355 g/mol. The van der Waals surface area contributed by atoms with Gasteiger partial charge in [-0.2, -0.15) is 0 Å². The molecule has 0 fully saturated rings. The number of carbonyl (C=O) groups excluding carboxylic acids is 2. The molecule has 2 rings (SSSR count). The molecule has 0 spiro atoms. The summed E-state index contributed by atoms with van der Waals surface area (Å²) in [5.41, 5.74) is 1.38. The summed E-state index contributed by atoms with van der Waals surface area (Å²) in [6, 6.07) is 15.3. The van der Waals surface area contributed by atoms with Gasteiger partial charge in [-0.15, -0.1) is 0 Å². The normalized spacial score (nSPS) is 12.5. The van der Waals surface area contributed by atoms with Gasteiger partial charge in [-0.3, -0.25) is 4.79 Å². The average Bonchev–Trinajstić information content (AvgIpc) is 2.62. The summed E-state index contributed by atoms with van der Waals surface area (Å²) in [6.07, 6.45) is 0.158. The molecule has 0 radical (unpaired) electrons. The molecule has 2 aromatic rings. The van der Waals surface area contributed by atoms with Gasteiger partial charge < -0.3 is 21.1 Å². The highest BCUT2D eigenvalue weighted by atomic mass is 16.4. The van der Waals surface area contributed by atoms with Crippen molar-refractivity contribution in [3.63, 3.8) is 0 Å². The van der Waals surface area contributed by atoms with Crippen molar-refractivity contribution < 1.29 is 19.5 Å². The molecule has 26 heavy (non-hydrogen) atoms. The Morgan fingerprint density at radius 2 is 1.50 bits per heavy atom. The van der Waals surface area contributed by atoms with Crippen molar-refractivity contribution in [1.29, 1.82) is 0 Å². The largest absolute Gasteiger partial charge is 0.480 e. The van der Waals surface area contributed by atoms with Crippen LogP contribution in [0.25, 0.3) is 0 Å². The third-order valence-corrected chi connectivity index (χ3v) is 3.67. The van der Waals surface area contributed by atoms with Gasteiger partial charge >= 0.3 is 12.0 Å². The zero-order chi connectivity index (χ0) is 18.9. The second-order valence-electron chi connectivity index (χ2n) is 5.78. The van der Waals surface area contributed by atoms with Crippen molar-refractivity contribution in [2.45, 2.75) is 25.4 Å². The van der Waals surface area contributed by atoms with Crippen LogP contribution in [-0.4, -0.2) is 35.1 Å². The summed E-state index contributed by atoms with van der Waals surface area (Å²) >= 11 is 0. The fraction of sp³-hybridized carbons (Fsp3) is 0.211. The smallest absolute Gasteiger partial charge is 0.326 e. The SMILES string of the molecule is C[C@@H](NC(=O)Nc1ccccc1)C(=O)N[C@@H](Cc1ccccc1)C(=O)O. The molecule has 0 aliphatic rings. The maximum absolute atomic E-state index is 12.2. The van der Waals surface area contributed by atoms with Gasteiger partial charge in [0.2, 0.25) is 5.91 Å². The van der Waals surface area contributed by atoms with Gasteiger partial charge in [-0.05, 0) is 24.6 Å². The number of hydrogen-bond acceptors (Lipinski definition) is 3. The van der Waals surface area contributed by atoms with E-state index in [9.17, 15) is 19.5 Å². The van der Waals surface area contributed by atoms with Gasteiger partial charge in [0.05, 0.1) is 0 Å². The highest BCUT2D eigenvalue weighted by Gasteiger charge is 2.24. The molecule has 4 N–H and O–H groups in total. The standard InChI is InChI=1S/C19H21N3O4/c1-13(20-19(26)21-15-10-6-3-7-11-15)17(23)22-16(18(24)25)12-14-8-4-2-5-9-14/h2-11,13,16H,12H2,1H3,(H,22,23)(H,24,25)(H2,20,21,26)/t13-,16+/m1/s1. The summed E-state index contributed by atoms with van der Waals surface area (Å²) in [6.45, 7) is 1.49. The van der Waals surface area contributed by atoms with Gasteiger partial charge in [0, 0.05) is 12.1 Å². The summed E-state index contributed by atoms with van der Waals surface area (Å²) in [4.78, 5) is 35.5. The zero-order valence-electron chi connectivity index (χ0n) is 14.3. The molecule has 2 aromatic carbocycles. The lowest BCUT2D eigenvalue weighted by atomic mass is 10.1. The van der Waals surface area contributed by atoms with Gasteiger partial charge in [0.1, 0.15) is 12.1 Å². The van der Waals surface area contributed by atoms with Crippen LogP contribution in [0, 0.1) is 0 Å². The lowest BCUT2D eigenvalue weighted by Gasteiger charge is -2.19. The number of anilines is 1. The molecule has 0 saturated carbocycles. The van der Waals surface area contributed by atoms with Crippen LogP contribution in [0.1, 0.15) is 12.5 Å². The third kappa shape index (κ3) is 5.94. The first kappa shape index (κ1) is 19.0. The van der Waals surface area contributed by atoms with Crippen LogP contribution in [0.15, 0.2) is 60.7 Å². The monoisotopic (exact) mass is 355 g/mol. The van der Waals surface area contributed by atoms with Crippen LogP contribution in [0.4, 0.5) is 10.5 Å². The number of hydrogen-bond donors (Lipinski definition) is 4. The Labute approximate surface area is 151 Å². The Kier molecular flexibility index (Phi) is 6.73. The Balaban J connectivity index is 1.89. The quantitative estimate of drug-likeness (QED) is 0.609. The summed E-state index contributed by atoms with van der Waals surface area (Å²) in [7, 11) is 0. The van der Waals surface area contributed by atoms with E-state index >= 15 is 0 Å². The molecule has 136 valence electrons. The number of carboxylic acid groups (broad SMARTS) is 1. The number of carboxylic acids is 1. The molecule has 7 heteroatoms. The highest BCUT2D eigenvalue weighted by Crippen LogP contribution is 2.05. The number of rotatable bonds is 7. The number of urea groups is 1. The number of para-hydroxylation sites is 1. The van der Waals surface area contributed by atoms with Crippen molar-refractivity contribution >= 4 is 23.6 Å². The maximum atomic E-state index is 12.2. The fourth-order valence-electron chi connectivity index (χ4n) is 2.30. The van der Waals surface area contributed by atoms with Gasteiger partial charge in [-0.25, -0.2) is 9.59 Å². The van der Waals surface area contributed by atoms with E-state index in [1.54, 1.807) is 48.5 Å². The first-order valence-corrected chi connectivity index (χ1v) is 8.15. The molecule has 0 bridgehead atoms. The molecule has 3 amide bonds. The number of amides is 3. The van der Waals surface area contributed by atoms with Crippen LogP contribution >= 0.6 is 0 Å². The van der Waals surface area contributed by atoms with Crippen LogP contribution in [0.2, 0.25) is 0 Å². The number of aliphatic carboxylic acids is 1. The molecular weight excluding hydrogens is 334 g/mol. The van der Waals surface area contributed by atoms with E-state index < -0.39 is 30.0 Å². The molecule has 0 unspecified atom stereocenters. The fourth-order valence-corrected chi connectivity index (χ4v) is 2.30. The summed E-state index contributed by atoms with van der Waals surface area (Å²) in [5, 5.41) is 16.9. The molecular formula is C19H21N3O4. The van der Waals surface area contributed by atoms with E-state index in [-0.39, 0.29) is 6.42 Å². The van der Waals surface area contributed by atoms with E-state index in [4.69, 9.17) is 0 Å². The van der Waals surface area contributed by atoms with E-state index in [0.717, 1.165) is 5.56 Å². The molecule has 0 aromatic heterocycles. The van der Waals surface area contributed by atoms with Crippen molar-refractivity contribution in [1.82, 2.24) is 10.6 Å². The summed E-state index contributed by atoms with van der Waals surface area (Å²) < 4.78 is 0. The second kappa shape index (κ2) is 9.22. The van der Waals surface area contributed by atoms with Crippen LogP contribution in [0.5, 0.6) is 0 Å². The zero-order valence-corrected chi connectivity index (χ0v) is 14.3. The van der Waals surface area contributed by atoms with Crippen molar-refractivity contribution in [2.24, 2.45) is 0 Å². The Hall–Kier alpha value is -3.35.